The lowest BCUT2D eigenvalue weighted by molar-refractivity contribution is -0.153. The first-order chi connectivity index (χ1) is 20.0. The van der Waals surface area contributed by atoms with E-state index >= 15 is 0 Å². The fourth-order valence-corrected chi connectivity index (χ4v) is 14.1. The molecule has 4 aliphatic carbocycles. The predicted octanol–water partition coefficient (Wildman–Crippen LogP) is 5.83. The number of benzene rings is 3. The monoisotopic (exact) mass is 562 g/mol. The van der Waals surface area contributed by atoms with E-state index in [0.29, 0.717) is 29.5 Å². The van der Waals surface area contributed by atoms with Crippen molar-refractivity contribution in [2.75, 3.05) is 0 Å². The van der Waals surface area contributed by atoms with Gasteiger partial charge in [-0.15, -0.1) is 0 Å². The molecule has 7 atom stereocenters. The van der Waals surface area contributed by atoms with E-state index in [2.05, 4.69) is 97.9 Å². The normalized spacial score (nSPS) is 34.8. The second-order valence-corrected chi connectivity index (χ2v) is 16.9. The Morgan fingerprint density at radius 1 is 0.732 bits per heavy atom. The molecule has 4 heteroatoms. The first-order valence-corrected chi connectivity index (χ1v) is 17.8. The van der Waals surface area contributed by atoms with Crippen LogP contribution in [0.5, 0.6) is 0 Å². The molecule has 0 spiro atoms. The number of ketones is 1. The number of carbonyl (C=O) groups excluding carboxylic acids is 2. The van der Waals surface area contributed by atoms with Gasteiger partial charge in [-0.1, -0.05) is 97.9 Å². The Balaban J connectivity index is 1.23. The zero-order chi connectivity index (χ0) is 28.1. The van der Waals surface area contributed by atoms with Gasteiger partial charge < -0.3 is 9.22 Å². The molecule has 0 aliphatic heterocycles. The van der Waals surface area contributed by atoms with Crippen LogP contribution in [0.25, 0.3) is 0 Å². The van der Waals surface area contributed by atoms with E-state index in [0.717, 1.165) is 57.8 Å². The Kier molecular flexibility index (Phi) is 6.90. The smallest absolute Gasteiger partial charge is 0.288 e. The lowest BCUT2D eigenvalue weighted by atomic mass is 9.45. The van der Waals surface area contributed by atoms with Gasteiger partial charge in [0.15, 0.2) is 0 Å². The van der Waals surface area contributed by atoms with Crippen LogP contribution in [0, 0.1) is 34.5 Å². The highest BCUT2D eigenvalue weighted by Crippen LogP contribution is 2.65. The molecule has 41 heavy (non-hydrogen) atoms. The number of Topliss-reactive ketones (excluding diaryl/α,β-unsaturated/α-hetero) is 1. The van der Waals surface area contributed by atoms with Crippen LogP contribution < -0.4 is 15.6 Å². The molecule has 0 bridgehead atoms. The molecule has 3 aromatic carbocycles. The van der Waals surface area contributed by atoms with Crippen molar-refractivity contribution in [2.45, 2.75) is 70.8 Å². The van der Waals surface area contributed by atoms with Crippen LogP contribution >= 0.6 is 0 Å². The van der Waals surface area contributed by atoms with Gasteiger partial charge in [0.2, 0.25) is 0 Å². The highest BCUT2D eigenvalue weighted by atomic mass is 28.4. The summed E-state index contributed by atoms with van der Waals surface area (Å²) in [6.07, 6.45) is 10.3. The molecule has 0 unspecified atom stereocenters. The van der Waals surface area contributed by atoms with Gasteiger partial charge in [0.25, 0.3) is 8.32 Å². The summed E-state index contributed by atoms with van der Waals surface area (Å²) in [6.45, 7) is 2.23. The zero-order valence-corrected chi connectivity index (χ0v) is 25.2. The average molecular weight is 563 g/mol. The van der Waals surface area contributed by atoms with Crippen LogP contribution in [0.3, 0.4) is 0 Å². The standard InChI is InChI=1S/C37H42O3Si/c1-36-23-22-34-32(33(36)19-20-35(36)39)18-17-27-25-28(21-24-37(27,34)26-38)40-41(29-11-5-2-6-12-29,30-13-7-3-8-14-30)31-15-9-4-10-16-31/h2-16,26-28,32-34H,17-25H2,1H3/t27-,28-,32-,33-,34-,36-,37+/m0/s1. The molecule has 0 aromatic heterocycles. The van der Waals surface area contributed by atoms with Gasteiger partial charge in [0, 0.05) is 23.4 Å². The lowest BCUT2D eigenvalue weighted by Crippen LogP contribution is -2.71. The van der Waals surface area contributed by atoms with E-state index in [1.165, 1.54) is 21.8 Å². The van der Waals surface area contributed by atoms with E-state index in [1.807, 2.05) is 0 Å². The zero-order valence-electron chi connectivity index (χ0n) is 24.2. The minimum Gasteiger partial charge on any atom is -0.401 e. The second-order valence-electron chi connectivity index (χ2n) is 13.6. The summed E-state index contributed by atoms with van der Waals surface area (Å²) in [5.41, 5.74) is -0.406. The van der Waals surface area contributed by atoms with Gasteiger partial charge in [-0.2, -0.15) is 0 Å². The molecule has 7 rings (SSSR count). The van der Waals surface area contributed by atoms with Crippen molar-refractivity contribution in [3.8, 4) is 0 Å². The molecule has 0 saturated heterocycles. The average Bonchev–Trinajstić information content (AvgIpc) is 3.34. The number of rotatable bonds is 6. The maximum absolute atomic E-state index is 13.2. The van der Waals surface area contributed by atoms with Crippen molar-refractivity contribution in [1.82, 2.24) is 0 Å². The van der Waals surface area contributed by atoms with Crippen LogP contribution in [0.4, 0.5) is 0 Å². The van der Waals surface area contributed by atoms with Crippen molar-refractivity contribution < 1.29 is 14.0 Å². The molecule has 212 valence electrons. The van der Waals surface area contributed by atoms with E-state index < -0.39 is 8.32 Å². The van der Waals surface area contributed by atoms with Crippen LogP contribution in [-0.4, -0.2) is 26.5 Å². The second kappa shape index (κ2) is 10.5. The minimum absolute atomic E-state index is 0.110. The Labute approximate surface area is 245 Å². The first kappa shape index (κ1) is 27.0. The molecule has 3 nitrogen and oxygen atoms in total. The summed E-state index contributed by atoms with van der Waals surface area (Å²) in [5, 5.41) is 3.81. The van der Waals surface area contributed by atoms with Gasteiger partial charge in [0.05, 0.1) is 0 Å². The largest absolute Gasteiger partial charge is 0.401 e. The Morgan fingerprint density at radius 3 is 1.88 bits per heavy atom. The number of hydrogen-bond acceptors (Lipinski definition) is 3. The van der Waals surface area contributed by atoms with E-state index in [9.17, 15) is 9.59 Å². The molecule has 3 aromatic rings. The number of fused-ring (bicyclic) bond motifs is 5. The minimum atomic E-state index is -2.80. The van der Waals surface area contributed by atoms with Gasteiger partial charge in [0.1, 0.15) is 12.1 Å². The van der Waals surface area contributed by atoms with Gasteiger partial charge in [-0.3, -0.25) is 4.79 Å². The lowest BCUT2D eigenvalue weighted by Gasteiger charge is -2.59. The highest BCUT2D eigenvalue weighted by molar-refractivity contribution is 7.07. The summed E-state index contributed by atoms with van der Waals surface area (Å²) < 4.78 is 7.59. The van der Waals surface area contributed by atoms with Crippen LogP contribution in [0.15, 0.2) is 91.0 Å². The van der Waals surface area contributed by atoms with Crippen molar-refractivity contribution in [3.63, 3.8) is 0 Å². The molecule has 0 amide bonds. The Bertz CT molecular complexity index is 1290. The first-order valence-electron chi connectivity index (χ1n) is 15.9. The van der Waals surface area contributed by atoms with Crippen molar-refractivity contribution in [2.24, 2.45) is 34.5 Å². The number of hydrogen-bond donors (Lipinski definition) is 0. The molecule has 0 N–H and O–H groups in total. The third-order valence-corrected chi connectivity index (χ3v) is 16.1. The predicted molar refractivity (Wildman–Crippen MR) is 166 cm³/mol. The summed E-state index contributed by atoms with van der Waals surface area (Å²) in [6, 6.07) is 32.6. The number of aldehydes is 1. The SMILES string of the molecule is C[C@]12CC[C@H]3[C@@H](CC[C@H]4C[C@@H](O[Si](c5ccccc5)(c5ccccc5)c5ccccc5)CC[C@@]43C=O)[C@@H]1CCC2=O. The van der Waals surface area contributed by atoms with E-state index in [-0.39, 0.29) is 16.9 Å². The third-order valence-electron chi connectivity index (χ3n) is 12.0. The highest BCUT2D eigenvalue weighted by Gasteiger charge is 2.62. The summed E-state index contributed by atoms with van der Waals surface area (Å²) >= 11 is 0. The number of carbonyl (C=O) groups is 2. The van der Waals surface area contributed by atoms with E-state index in [1.54, 1.807) is 0 Å². The van der Waals surface area contributed by atoms with Crippen LogP contribution in [-0.2, 0) is 14.0 Å². The summed E-state index contributed by atoms with van der Waals surface area (Å²) in [7, 11) is -2.80. The maximum Gasteiger partial charge on any atom is 0.288 e. The Morgan fingerprint density at radius 2 is 1.32 bits per heavy atom. The quantitative estimate of drug-likeness (QED) is 0.216. The summed E-state index contributed by atoms with van der Waals surface area (Å²) in [5.74, 6) is 2.24. The van der Waals surface area contributed by atoms with Gasteiger partial charge in [-0.25, -0.2) is 0 Å². The van der Waals surface area contributed by atoms with Crippen molar-refractivity contribution >= 4 is 35.9 Å². The summed E-state index contributed by atoms with van der Waals surface area (Å²) in [4.78, 5) is 26.0. The van der Waals surface area contributed by atoms with Crippen molar-refractivity contribution in [3.05, 3.63) is 91.0 Å². The molecule has 4 aliphatic rings. The molecule has 4 fully saturated rings. The van der Waals surface area contributed by atoms with Gasteiger partial charge >= 0.3 is 0 Å². The molecular weight excluding hydrogens is 520 g/mol. The maximum atomic E-state index is 13.2. The molecule has 0 heterocycles. The molecular formula is C37H42O3Si. The van der Waals surface area contributed by atoms with Crippen LogP contribution in [0.1, 0.15) is 64.7 Å². The van der Waals surface area contributed by atoms with Gasteiger partial charge in [-0.05, 0) is 90.6 Å². The fraction of sp³-hybridized carbons (Fsp3) is 0.459. The fourth-order valence-electron chi connectivity index (χ4n) is 9.99. The van der Waals surface area contributed by atoms with Crippen molar-refractivity contribution in [1.29, 1.82) is 0 Å². The topological polar surface area (TPSA) is 43.4 Å². The Hall–Kier alpha value is -2.82. The van der Waals surface area contributed by atoms with Crippen LogP contribution in [0.2, 0.25) is 0 Å². The molecule has 0 radical (unpaired) electrons. The van der Waals surface area contributed by atoms with E-state index in [4.69, 9.17) is 4.43 Å². The molecule has 4 saturated carbocycles. The third kappa shape index (κ3) is 4.16.